The van der Waals surface area contributed by atoms with Crippen molar-refractivity contribution in [2.24, 2.45) is 28.6 Å². The predicted octanol–water partition coefficient (Wildman–Crippen LogP) is 4.50. The fourth-order valence-electron chi connectivity index (χ4n) is 6.94. The smallest absolute Gasteiger partial charge is 0.220 e. The molecular weight excluding hydrogens is 378 g/mol. The molecule has 1 unspecified atom stereocenters. The zero-order chi connectivity index (χ0) is 21.1. The molecule has 2 aliphatic carbocycles. The van der Waals surface area contributed by atoms with E-state index in [4.69, 9.17) is 14.2 Å². The van der Waals surface area contributed by atoms with Gasteiger partial charge in [0.2, 0.25) is 5.91 Å². The van der Waals surface area contributed by atoms with Gasteiger partial charge in [-0.2, -0.15) is 0 Å². The average Bonchev–Trinajstić information content (AvgIpc) is 3.19. The van der Waals surface area contributed by atoms with Crippen LogP contribution in [0.3, 0.4) is 0 Å². The lowest BCUT2D eigenvalue weighted by molar-refractivity contribution is -0.137. The highest BCUT2D eigenvalue weighted by molar-refractivity contribution is 5.76. The molecule has 5 atom stereocenters. The Balaban J connectivity index is 1.45. The van der Waals surface area contributed by atoms with E-state index in [1.807, 2.05) is 6.07 Å². The number of nitrogens with one attached hydrogen (secondary N) is 1. The summed E-state index contributed by atoms with van der Waals surface area (Å²) in [6.07, 6.45) is 4.05. The second-order valence-corrected chi connectivity index (χ2v) is 10.8. The van der Waals surface area contributed by atoms with E-state index in [0.29, 0.717) is 37.4 Å². The average molecular weight is 414 g/mol. The Kier molecular flexibility index (Phi) is 4.81. The maximum atomic E-state index is 12.8. The quantitative estimate of drug-likeness (QED) is 0.789. The van der Waals surface area contributed by atoms with Gasteiger partial charge < -0.3 is 19.5 Å². The molecule has 2 aliphatic heterocycles. The number of hydrogen-bond donors (Lipinski definition) is 1. The number of fused-ring (bicyclic) bond motifs is 2. The van der Waals surface area contributed by atoms with Gasteiger partial charge in [0.1, 0.15) is 13.2 Å². The Labute approximate surface area is 179 Å². The summed E-state index contributed by atoms with van der Waals surface area (Å²) in [4.78, 5) is 12.8. The second-order valence-electron chi connectivity index (χ2n) is 10.8. The largest absolute Gasteiger partial charge is 0.486 e. The number of carbonyl (C=O) groups is 1. The molecule has 164 valence electrons. The van der Waals surface area contributed by atoms with Crippen LogP contribution in [0, 0.1) is 28.6 Å². The third-order valence-electron chi connectivity index (χ3n) is 8.30. The standard InChI is InChI=1S/C25H35NO4/c1-15(2)11-21(27)26-23-24(3,4)17-13-18-22(30-8-7-25(18,23)14-17)16-5-6-19-20(12-16)29-10-9-28-19/h5-6,12,15,17-18,22-23H,7-11,13-14H2,1-4H3,(H,26,27)/t17-,18-,22-,23-,25?/m1/s1. The Morgan fingerprint density at radius 1 is 1.17 bits per heavy atom. The molecule has 1 aromatic rings. The van der Waals surface area contributed by atoms with Crippen LogP contribution in [0.2, 0.25) is 0 Å². The molecular formula is C25H35NO4. The first-order valence-corrected chi connectivity index (χ1v) is 11.6. The van der Waals surface area contributed by atoms with E-state index in [2.05, 4.69) is 45.1 Å². The van der Waals surface area contributed by atoms with Gasteiger partial charge in [0.05, 0.1) is 6.10 Å². The van der Waals surface area contributed by atoms with Crippen LogP contribution in [0.5, 0.6) is 11.5 Å². The van der Waals surface area contributed by atoms with Crippen LogP contribution in [0.4, 0.5) is 0 Å². The molecule has 5 rings (SSSR count). The second kappa shape index (κ2) is 7.15. The predicted molar refractivity (Wildman–Crippen MR) is 115 cm³/mol. The zero-order valence-corrected chi connectivity index (χ0v) is 18.7. The Hall–Kier alpha value is -1.75. The van der Waals surface area contributed by atoms with Gasteiger partial charge in [-0.3, -0.25) is 4.79 Å². The Morgan fingerprint density at radius 3 is 2.70 bits per heavy atom. The zero-order valence-electron chi connectivity index (χ0n) is 18.7. The van der Waals surface area contributed by atoms with Crippen molar-refractivity contribution in [1.29, 1.82) is 0 Å². The fraction of sp³-hybridized carbons (Fsp3) is 0.720. The molecule has 30 heavy (non-hydrogen) atoms. The van der Waals surface area contributed by atoms with Gasteiger partial charge in [-0.1, -0.05) is 33.8 Å². The van der Waals surface area contributed by atoms with Crippen molar-refractivity contribution in [3.8, 4) is 11.5 Å². The number of carbonyl (C=O) groups excluding carboxylic acids is 1. The molecule has 3 fully saturated rings. The van der Waals surface area contributed by atoms with Gasteiger partial charge in [-0.15, -0.1) is 0 Å². The van der Waals surface area contributed by atoms with Gasteiger partial charge in [-0.05, 0) is 65.5 Å². The topological polar surface area (TPSA) is 56.8 Å². The first-order chi connectivity index (χ1) is 14.3. The minimum absolute atomic E-state index is 0.0557. The van der Waals surface area contributed by atoms with Gasteiger partial charge in [0.25, 0.3) is 0 Å². The Bertz CT molecular complexity index is 834. The van der Waals surface area contributed by atoms with Crippen molar-refractivity contribution in [2.45, 2.75) is 65.5 Å². The van der Waals surface area contributed by atoms with Crippen LogP contribution in [0.1, 0.15) is 65.0 Å². The molecule has 1 saturated heterocycles. The summed E-state index contributed by atoms with van der Waals surface area (Å²) in [5, 5.41) is 3.50. The minimum Gasteiger partial charge on any atom is -0.486 e. The normalized spacial score (nSPS) is 35.9. The van der Waals surface area contributed by atoms with E-state index in [-0.39, 0.29) is 28.9 Å². The summed E-state index contributed by atoms with van der Waals surface area (Å²) in [6, 6.07) is 6.49. The molecule has 2 bridgehead atoms. The molecule has 1 aromatic carbocycles. The van der Waals surface area contributed by atoms with E-state index in [1.165, 1.54) is 18.4 Å². The number of ether oxygens (including phenoxy) is 3. The van der Waals surface area contributed by atoms with Crippen LogP contribution in [0.15, 0.2) is 18.2 Å². The van der Waals surface area contributed by atoms with E-state index >= 15 is 0 Å². The fourth-order valence-corrected chi connectivity index (χ4v) is 6.94. The number of hydrogen-bond acceptors (Lipinski definition) is 4. The van der Waals surface area contributed by atoms with Crippen molar-refractivity contribution in [2.75, 3.05) is 19.8 Å². The van der Waals surface area contributed by atoms with E-state index in [9.17, 15) is 4.79 Å². The van der Waals surface area contributed by atoms with E-state index in [1.54, 1.807) is 0 Å². The van der Waals surface area contributed by atoms with Crippen molar-refractivity contribution in [1.82, 2.24) is 5.32 Å². The summed E-state index contributed by atoms with van der Waals surface area (Å²) < 4.78 is 17.9. The Morgan fingerprint density at radius 2 is 1.93 bits per heavy atom. The summed E-state index contributed by atoms with van der Waals surface area (Å²) in [6.45, 7) is 10.9. The van der Waals surface area contributed by atoms with Crippen LogP contribution in [-0.2, 0) is 9.53 Å². The van der Waals surface area contributed by atoms with Crippen molar-refractivity contribution < 1.29 is 19.0 Å². The van der Waals surface area contributed by atoms with Crippen LogP contribution >= 0.6 is 0 Å². The number of rotatable bonds is 4. The highest BCUT2D eigenvalue weighted by Crippen LogP contribution is 2.70. The van der Waals surface area contributed by atoms with Crippen molar-refractivity contribution >= 4 is 5.91 Å². The van der Waals surface area contributed by atoms with Gasteiger partial charge in [0.15, 0.2) is 11.5 Å². The molecule has 2 heterocycles. The molecule has 1 N–H and O–H groups in total. The van der Waals surface area contributed by atoms with Crippen molar-refractivity contribution in [3.63, 3.8) is 0 Å². The van der Waals surface area contributed by atoms with Gasteiger partial charge >= 0.3 is 0 Å². The van der Waals surface area contributed by atoms with E-state index in [0.717, 1.165) is 24.5 Å². The molecule has 0 radical (unpaired) electrons. The molecule has 1 amide bonds. The van der Waals surface area contributed by atoms with Crippen LogP contribution in [-0.4, -0.2) is 31.8 Å². The first-order valence-electron chi connectivity index (χ1n) is 11.6. The molecule has 4 aliphatic rings. The summed E-state index contributed by atoms with van der Waals surface area (Å²) in [5.41, 5.74) is 1.43. The van der Waals surface area contributed by atoms with Crippen LogP contribution < -0.4 is 14.8 Å². The first kappa shape index (κ1) is 20.2. The molecule has 5 nitrogen and oxygen atoms in total. The number of benzene rings is 1. The lowest BCUT2D eigenvalue weighted by atomic mass is 9.58. The lowest BCUT2D eigenvalue weighted by Crippen LogP contribution is -2.59. The molecule has 2 saturated carbocycles. The number of amides is 1. The van der Waals surface area contributed by atoms with E-state index < -0.39 is 0 Å². The minimum atomic E-state index is 0.0557. The monoisotopic (exact) mass is 413 g/mol. The van der Waals surface area contributed by atoms with Gasteiger partial charge in [-0.25, -0.2) is 0 Å². The summed E-state index contributed by atoms with van der Waals surface area (Å²) in [5.74, 6) is 3.27. The highest BCUT2D eigenvalue weighted by atomic mass is 16.6. The molecule has 5 heteroatoms. The van der Waals surface area contributed by atoms with Crippen LogP contribution in [0.25, 0.3) is 0 Å². The molecule has 1 spiro atoms. The maximum absolute atomic E-state index is 12.8. The highest BCUT2D eigenvalue weighted by Gasteiger charge is 2.68. The maximum Gasteiger partial charge on any atom is 0.220 e. The summed E-state index contributed by atoms with van der Waals surface area (Å²) in [7, 11) is 0. The summed E-state index contributed by atoms with van der Waals surface area (Å²) >= 11 is 0. The van der Waals surface area contributed by atoms with Gasteiger partial charge in [0, 0.05) is 19.1 Å². The SMILES string of the molecule is CC(C)CC(=O)N[C@@H]1C(C)(C)[C@@H]2C[C@@H]3[C@@H](c4ccc5c(c4)OCCO5)OCCC31C2. The lowest BCUT2D eigenvalue weighted by Gasteiger charge is -2.53. The third kappa shape index (κ3) is 3.04. The third-order valence-corrected chi connectivity index (χ3v) is 8.30. The van der Waals surface area contributed by atoms with Crippen molar-refractivity contribution in [3.05, 3.63) is 23.8 Å². The molecule has 0 aromatic heterocycles.